The Morgan fingerprint density at radius 1 is 1.27 bits per heavy atom. The van der Waals surface area contributed by atoms with Crippen LogP contribution in [0.4, 0.5) is 5.82 Å². The number of aromatic nitrogens is 4. The van der Waals surface area contributed by atoms with Gasteiger partial charge in [0.2, 0.25) is 0 Å². The maximum atomic E-state index is 10.7. The van der Waals surface area contributed by atoms with Crippen molar-refractivity contribution in [1.29, 1.82) is 0 Å². The zero-order chi connectivity index (χ0) is 16.8. The molecule has 0 unspecified atom stereocenters. The first-order valence-electron chi connectivity index (χ1n) is 6.42. The average Bonchev–Trinajstić information content (AvgIpc) is 3.01. The van der Waals surface area contributed by atoms with E-state index < -0.39 is 39.0 Å². The number of aliphatic hydroxyl groups is 2. The molecular formula is C10H19N5NaO9P. The molecular weight excluding hydrogens is 388 g/mol. The molecule has 0 spiro atoms. The van der Waals surface area contributed by atoms with Crippen LogP contribution < -0.4 is 35.3 Å². The zero-order valence-corrected chi connectivity index (χ0v) is 16.4. The quantitative estimate of drug-likeness (QED) is 0.235. The Balaban J connectivity index is 0. The number of nitrogens with two attached hydrogens (primary N) is 1. The summed E-state index contributed by atoms with van der Waals surface area (Å²) < 4.78 is 21.8. The van der Waals surface area contributed by atoms with E-state index in [-0.39, 0.29) is 53.4 Å². The Labute approximate surface area is 169 Å². The SMILES string of the molecule is Nc1ncnc2c1ncn2[C@@H]1O[C@H](COP(=O)(O)O)[C@@H](O)[C@H]1O.O.O.[H-].[Na+]. The van der Waals surface area contributed by atoms with Crippen molar-refractivity contribution in [2.24, 2.45) is 0 Å². The van der Waals surface area contributed by atoms with Gasteiger partial charge in [0.1, 0.15) is 30.2 Å². The monoisotopic (exact) mass is 407 g/mol. The first kappa shape index (κ1) is 25.3. The molecule has 144 valence electrons. The zero-order valence-electron chi connectivity index (χ0n) is 14.5. The number of fused-ring (bicyclic) bond motifs is 1. The second kappa shape index (κ2) is 9.45. The summed E-state index contributed by atoms with van der Waals surface area (Å²) in [6, 6.07) is 0. The van der Waals surface area contributed by atoms with E-state index in [1.807, 2.05) is 0 Å². The topological polar surface area (TPSA) is 249 Å². The average molecular weight is 407 g/mol. The van der Waals surface area contributed by atoms with Gasteiger partial charge in [-0.25, -0.2) is 19.5 Å². The number of rotatable bonds is 4. The molecule has 2 aromatic rings. The van der Waals surface area contributed by atoms with Crippen LogP contribution in [0, 0.1) is 0 Å². The fourth-order valence-electron chi connectivity index (χ4n) is 2.32. The van der Waals surface area contributed by atoms with Crippen molar-refractivity contribution in [1.82, 2.24) is 19.5 Å². The van der Waals surface area contributed by atoms with Gasteiger partial charge in [0.15, 0.2) is 17.7 Å². The summed E-state index contributed by atoms with van der Waals surface area (Å²) in [6.07, 6.45) is -2.49. The molecule has 1 fully saturated rings. The molecule has 3 rings (SSSR count). The summed E-state index contributed by atoms with van der Waals surface area (Å²) in [7, 11) is -4.72. The summed E-state index contributed by atoms with van der Waals surface area (Å²) in [5.41, 5.74) is 6.25. The van der Waals surface area contributed by atoms with Gasteiger partial charge in [-0.3, -0.25) is 9.09 Å². The molecule has 0 aromatic carbocycles. The van der Waals surface area contributed by atoms with Crippen molar-refractivity contribution in [2.75, 3.05) is 12.3 Å². The van der Waals surface area contributed by atoms with Crippen LogP contribution in [0.1, 0.15) is 7.65 Å². The minimum absolute atomic E-state index is 0. The third kappa shape index (κ3) is 4.95. The Morgan fingerprint density at radius 2 is 1.92 bits per heavy atom. The van der Waals surface area contributed by atoms with Gasteiger partial charge in [0.25, 0.3) is 0 Å². The van der Waals surface area contributed by atoms with Crippen molar-refractivity contribution in [3.63, 3.8) is 0 Å². The summed E-state index contributed by atoms with van der Waals surface area (Å²) in [6.45, 7) is -0.594. The largest absolute Gasteiger partial charge is 1.00 e. The van der Waals surface area contributed by atoms with E-state index in [4.69, 9.17) is 20.3 Å². The first-order valence-corrected chi connectivity index (χ1v) is 7.95. The van der Waals surface area contributed by atoms with Crippen LogP contribution >= 0.6 is 7.82 Å². The van der Waals surface area contributed by atoms with Gasteiger partial charge >= 0.3 is 37.4 Å². The standard InChI is InChI=1S/C10H14N5O7P.Na.2H2O.H/c11-8-5-9(13-2-12-8)15(3-14-5)10-7(17)6(16)4(22-10)1-21-23(18,19)20;;;;/h2-4,6-7,10,16-17H,1H2,(H2,11,12,13)(H2,18,19,20);;2*1H2;/q;+1;;;-1/t4-,6-,7-,10-;;;;/m1..../s1. The molecule has 1 aliphatic rings. The third-order valence-corrected chi connectivity index (χ3v) is 3.89. The second-order valence-corrected chi connectivity index (χ2v) is 6.15. The number of phosphoric acid groups is 1. The number of nitrogen functional groups attached to an aromatic ring is 1. The van der Waals surface area contributed by atoms with Crippen molar-refractivity contribution < 1.29 is 75.8 Å². The molecule has 1 saturated heterocycles. The summed E-state index contributed by atoms with van der Waals surface area (Å²) in [5, 5.41) is 20.1. The third-order valence-electron chi connectivity index (χ3n) is 3.41. The Morgan fingerprint density at radius 3 is 2.54 bits per heavy atom. The number of phosphoric ester groups is 1. The van der Waals surface area contributed by atoms with Gasteiger partial charge in [-0.1, -0.05) is 0 Å². The van der Waals surface area contributed by atoms with Crippen LogP contribution in [0.2, 0.25) is 0 Å². The van der Waals surface area contributed by atoms with Gasteiger partial charge in [0, 0.05) is 0 Å². The van der Waals surface area contributed by atoms with E-state index in [1.54, 1.807) is 0 Å². The van der Waals surface area contributed by atoms with E-state index in [1.165, 1.54) is 17.2 Å². The molecule has 2 aromatic heterocycles. The predicted octanol–water partition coefficient (Wildman–Crippen LogP) is -6.40. The number of aliphatic hydroxyl groups excluding tert-OH is 2. The molecule has 0 bridgehead atoms. The molecule has 16 heteroatoms. The number of anilines is 1. The van der Waals surface area contributed by atoms with Gasteiger partial charge < -0.3 is 42.8 Å². The van der Waals surface area contributed by atoms with Gasteiger partial charge in [-0.2, -0.15) is 0 Å². The maximum absolute atomic E-state index is 10.7. The molecule has 0 saturated carbocycles. The normalized spacial score (nSPS) is 25.2. The molecule has 0 aliphatic carbocycles. The number of hydrogen-bond acceptors (Lipinski definition) is 9. The summed E-state index contributed by atoms with van der Waals surface area (Å²) >= 11 is 0. The van der Waals surface area contributed by atoms with Gasteiger partial charge in [-0.05, 0) is 0 Å². The molecule has 10 N–H and O–H groups in total. The minimum Gasteiger partial charge on any atom is -1.00 e. The fourth-order valence-corrected chi connectivity index (χ4v) is 2.66. The molecule has 3 heterocycles. The van der Waals surface area contributed by atoms with E-state index >= 15 is 0 Å². The van der Waals surface area contributed by atoms with E-state index in [0.717, 1.165) is 0 Å². The van der Waals surface area contributed by atoms with Crippen LogP contribution in [0.25, 0.3) is 11.2 Å². The van der Waals surface area contributed by atoms with Crippen LogP contribution in [-0.2, 0) is 13.8 Å². The van der Waals surface area contributed by atoms with Crippen molar-refractivity contribution in [3.05, 3.63) is 12.7 Å². The molecule has 4 atom stereocenters. The Hall–Kier alpha value is -0.740. The van der Waals surface area contributed by atoms with E-state index in [9.17, 15) is 14.8 Å². The summed E-state index contributed by atoms with van der Waals surface area (Å²) in [4.78, 5) is 29.2. The maximum Gasteiger partial charge on any atom is 1.00 e. The Kier molecular flexibility index (Phi) is 9.19. The molecule has 14 nitrogen and oxygen atoms in total. The van der Waals surface area contributed by atoms with Crippen molar-refractivity contribution in [3.8, 4) is 0 Å². The number of nitrogens with zero attached hydrogens (tertiary/aromatic N) is 4. The smallest absolute Gasteiger partial charge is 1.00 e. The minimum atomic E-state index is -4.72. The molecule has 26 heavy (non-hydrogen) atoms. The van der Waals surface area contributed by atoms with Crippen LogP contribution in [-0.4, -0.2) is 75.4 Å². The van der Waals surface area contributed by atoms with Crippen LogP contribution in [0.15, 0.2) is 12.7 Å². The second-order valence-electron chi connectivity index (χ2n) is 4.92. The van der Waals surface area contributed by atoms with Crippen LogP contribution in [0.5, 0.6) is 0 Å². The summed E-state index contributed by atoms with van der Waals surface area (Å²) in [5.74, 6) is 0.142. The van der Waals surface area contributed by atoms with Gasteiger partial charge in [0.05, 0.1) is 12.9 Å². The molecule has 1 aliphatic heterocycles. The number of imidazole rings is 1. The van der Waals surface area contributed by atoms with Gasteiger partial charge in [-0.15, -0.1) is 0 Å². The fraction of sp³-hybridized carbons (Fsp3) is 0.500. The molecule has 0 radical (unpaired) electrons. The van der Waals surface area contributed by atoms with E-state index in [2.05, 4.69) is 19.5 Å². The van der Waals surface area contributed by atoms with E-state index in [0.29, 0.717) is 5.52 Å². The number of ether oxygens (including phenoxy) is 1. The van der Waals surface area contributed by atoms with Crippen molar-refractivity contribution in [2.45, 2.75) is 24.5 Å². The number of hydrogen-bond donors (Lipinski definition) is 5. The van der Waals surface area contributed by atoms with Crippen molar-refractivity contribution >= 4 is 24.8 Å². The Bertz CT molecular complexity index is 779. The predicted molar refractivity (Wildman–Crippen MR) is 82.0 cm³/mol. The van der Waals surface area contributed by atoms with Crippen LogP contribution in [0.3, 0.4) is 0 Å². The molecule has 0 amide bonds. The first-order chi connectivity index (χ1) is 10.8.